The third-order valence-electron chi connectivity index (χ3n) is 4.88. The van der Waals surface area contributed by atoms with Crippen LogP contribution < -0.4 is 4.72 Å². The van der Waals surface area contributed by atoms with E-state index in [-0.39, 0.29) is 4.90 Å². The molecule has 6 heteroatoms. The van der Waals surface area contributed by atoms with Crippen LogP contribution in [0.1, 0.15) is 37.7 Å². The standard InChI is InChI=1S/C18H25N3O2S/c1-19-24(22,23)16-9-8-15(12-14-6-4-3-5-7-14)17(13-16)18-10-11-21(2)20-18/h8-11,13-14,19H,3-7,12H2,1-2H3. The van der Waals surface area contributed by atoms with Gasteiger partial charge < -0.3 is 0 Å². The SMILES string of the molecule is CNS(=O)(=O)c1ccc(CC2CCCCC2)c(-c2ccn(C)n2)c1. The Bertz CT molecular complexity index is 805. The molecule has 1 aliphatic rings. The number of aryl methyl sites for hydroxylation is 1. The van der Waals surface area contributed by atoms with E-state index < -0.39 is 10.0 Å². The van der Waals surface area contributed by atoms with E-state index in [0.717, 1.165) is 17.7 Å². The lowest BCUT2D eigenvalue weighted by atomic mass is 9.83. The van der Waals surface area contributed by atoms with Gasteiger partial charge in [0, 0.05) is 18.8 Å². The molecule has 1 aromatic heterocycles. The molecule has 0 unspecified atom stereocenters. The topological polar surface area (TPSA) is 64.0 Å². The summed E-state index contributed by atoms with van der Waals surface area (Å²) >= 11 is 0. The number of rotatable bonds is 5. The van der Waals surface area contributed by atoms with Crippen LogP contribution in [0.25, 0.3) is 11.3 Å². The Balaban J connectivity index is 2.00. The summed E-state index contributed by atoms with van der Waals surface area (Å²) in [6.07, 6.45) is 9.34. The van der Waals surface area contributed by atoms with Crippen molar-refractivity contribution in [3.63, 3.8) is 0 Å². The molecule has 0 radical (unpaired) electrons. The fraction of sp³-hybridized carbons (Fsp3) is 0.500. The van der Waals surface area contributed by atoms with Crippen LogP contribution in [0.4, 0.5) is 0 Å². The Morgan fingerprint density at radius 1 is 1.21 bits per heavy atom. The van der Waals surface area contributed by atoms with Gasteiger partial charge in [0.25, 0.3) is 0 Å². The highest BCUT2D eigenvalue weighted by molar-refractivity contribution is 7.89. The fourth-order valence-electron chi connectivity index (χ4n) is 3.52. The first-order chi connectivity index (χ1) is 11.5. The van der Waals surface area contributed by atoms with Crippen molar-refractivity contribution < 1.29 is 8.42 Å². The number of hydrogen-bond acceptors (Lipinski definition) is 3. The molecule has 130 valence electrons. The molecule has 1 saturated carbocycles. The highest BCUT2D eigenvalue weighted by atomic mass is 32.2. The van der Waals surface area contributed by atoms with Gasteiger partial charge in [0.05, 0.1) is 10.6 Å². The predicted molar refractivity (Wildman–Crippen MR) is 95.2 cm³/mol. The van der Waals surface area contributed by atoms with E-state index in [1.54, 1.807) is 16.8 Å². The summed E-state index contributed by atoms with van der Waals surface area (Å²) in [4.78, 5) is 0.290. The first kappa shape index (κ1) is 17.2. The number of benzene rings is 1. The lowest BCUT2D eigenvalue weighted by molar-refractivity contribution is 0.357. The fourth-order valence-corrected chi connectivity index (χ4v) is 4.27. The van der Waals surface area contributed by atoms with Gasteiger partial charge in [-0.2, -0.15) is 5.10 Å². The molecule has 0 spiro atoms. The third kappa shape index (κ3) is 3.70. The molecule has 1 N–H and O–H groups in total. The van der Waals surface area contributed by atoms with Crippen LogP contribution in [0.2, 0.25) is 0 Å². The molecule has 5 nitrogen and oxygen atoms in total. The number of hydrogen-bond donors (Lipinski definition) is 1. The van der Waals surface area contributed by atoms with Crippen molar-refractivity contribution in [3.05, 3.63) is 36.0 Å². The van der Waals surface area contributed by atoms with Crippen molar-refractivity contribution in [1.82, 2.24) is 14.5 Å². The average Bonchev–Trinajstić information content (AvgIpc) is 3.02. The molecular weight excluding hydrogens is 322 g/mol. The first-order valence-electron chi connectivity index (χ1n) is 8.56. The zero-order chi connectivity index (χ0) is 17.2. The lowest BCUT2D eigenvalue weighted by Gasteiger charge is -2.22. The van der Waals surface area contributed by atoms with E-state index in [0.29, 0.717) is 5.92 Å². The molecule has 0 saturated heterocycles. The van der Waals surface area contributed by atoms with Crippen molar-refractivity contribution in [3.8, 4) is 11.3 Å². The molecule has 3 rings (SSSR count). The minimum absolute atomic E-state index is 0.290. The van der Waals surface area contributed by atoms with Crippen LogP contribution in [0.15, 0.2) is 35.4 Å². The molecule has 1 aliphatic carbocycles. The Kier molecular flexibility index (Phi) is 5.06. The van der Waals surface area contributed by atoms with Crippen LogP contribution in [-0.2, 0) is 23.5 Å². The molecule has 2 aromatic rings. The number of nitrogens with one attached hydrogen (secondary N) is 1. The molecule has 24 heavy (non-hydrogen) atoms. The van der Waals surface area contributed by atoms with Crippen LogP contribution >= 0.6 is 0 Å². The van der Waals surface area contributed by atoms with E-state index in [1.165, 1.54) is 44.7 Å². The molecule has 1 heterocycles. The van der Waals surface area contributed by atoms with Crippen LogP contribution in [0.3, 0.4) is 0 Å². The Hall–Kier alpha value is -1.66. The molecule has 1 fully saturated rings. The van der Waals surface area contributed by atoms with Gasteiger partial charge in [0.1, 0.15) is 0 Å². The second-order valence-corrected chi connectivity index (χ2v) is 8.50. The minimum Gasteiger partial charge on any atom is -0.275 e. The van der Waals surface area contributed by atoms with Gasteiger partial charge in [-0.1, -0.05) is 38.2 Å². The third-order valence-corrected chi connectivity index (χ3v) is 6.30. The van der Waals surface area contributed by atoms with Gasteiger partial charge in [0.2, 0.25) is 10.0 Å². The van der Waals surface area contributed by atoms with Crippen molar-refractivity contribution in [1.29, 1.82) is 0 Å². The second-order valence-electron chi connectivity index (χ2n) is 6.61. The summed E-state index contributed by atoms with van der Waals surface area (Å²) < 4.78 is 28.4. The highest BCUT2D eigenvalue weighted by Crippen LogP contribution is 2.32. The van der Waals surface area contributed by atoms with Gasteiger partial charge in [-0.05, 0) is 43.1 Å². The predicted octanol–water partition coefficient (Wildman–Crippen LogP) is 3.12. The zero-order valence-electron chi connectivity index (χ0n) is 14.3. The van der Waals surface area contributed by atoms with Crippen LogP contribution in [0.5, 0.6) is 0 Å². The molecule has 1 aromatic carbocycles. The van der Waals surface area contributed by atoms with E-state index >= 15 is 0 Å². The maximum absolute atomic E-state index is 12.2. The summed E-state index contributed by atoms with van der Waals surface area (Å²) in [6.45, 7) is 0. The van der Waals surface area contributed by atoms with Gasteiger partial charge in [-0.25, -0.2) is 13.1 Å². The number of sulfonamides is 1. The molecular formula is C18H25N3O2S. The molecule has 0 bridgehead atoms. The summed E-state index contributed by atoms with van der Waals surface area (Å²) in [5.74, 6) is 0.688. The lowest BCUT2D eigenvalue weighted by Crippen LogP contribution is -2.19. The van der Waals surface area contributed by atoms with Crippen molar-refractivity contribution in [2.75, 3.05) is 7.05 Å². The molecule has 0 aliphatic heterocycles. The minimum atomic E-state index is -3.46. The van der Waals surface area contributed by atoms with Crippen molar-refractivity contribution >= 4 is 10.0 Å². The van der Waals surface area contributed by atoms with E-state index in [1.807, 2.05) is 25.4 Å². The summed E-state index contributed by atoms with van der Waals surface area (Å²) in [7, 11) is -0.147. The van der Waals surface area contributed by atoms with Crippen LogP contribution in [0, 0.1) is 5.92 Å². The maximum Gasteiger partial charge on any atom is 0.240 e. The molecule has 0 atom stereocenters. The molecule has 0 amide bonds. The van der Waals surface area contributed by atoms with E-state index in [2.05, 4.69) is 9.82 Å². The monoisotopic (exact) mass is 347 g/mol. The smallest absolute Gasteiger partial charge is 0.240 e. The van der Waals surface area contributed by atoms with E-state index in [9.17, 15) is 8.42 Å². The largest absolute Gasteiger partial charge is 0.275 e. The van der Waals surface area contributed by atoms with Crippen molar-refractivity contribution in [2.24, 2.45) is 13.0 Å². The zero-order valence-corrected chi connectivity index (χ0v) is 15.1. The van der Waals surface area contributed by atoms with Crippen molar-refractivity contribution in [2.45, 2.75) is 43.4 Å². The normalized spacial score (nSPS) is 16.4. The summed E-state index contributed by atoms with van der Waals surface area (Å²) in [6, 6.07) is 7.36. The van der Waals surface area contributed by atoms with Crippen LogP contribution in [-0.4, -0.2) is 25.2 Å². The van der Waals surface area contributed by atoms with Gasteiger partial charge in [-0.15, -0.1) is 0 Å². The maximum atomic E-state index is 12.2. The number of nitrogens with zero attached hydrogens (tertiary/aromatic N) is 2. The quantitative estimate of drug-likeness (QED) is 0.904. The Morgan fingerprint density at radius 3 is 2.58 bits per heavy atom. The summed E-state index contributed by atoms with van der Waals surface area (Å²) in [5, 5.41) is 4.49. The first-order valence-corrected chi connectivity index (χ1v) is 10.0. The van der Waals surface area contributed by atoms with Gasteiger partial charge >= 0.3 is 0 Å². The second kappa shape index (κ2) is 7.07. The summed E-state index contributed by atoms with van der Waals surface area (Å²) in [5.41, 5.74) is 2.95. The van der Waals surface area contributed by atoms with Gasteiger partial charge in [-0.3, -0.25) is 4.68 Å². The highest BCUT2D eigenvalue weighted by Gasteiger charge is 2.20. The average molecular weight is 347 g/mol. The van der Waals surface area contributed by atoms with E-state index in [4.69, 9.17) is 0 Å². The Morgan fingerprint density at radius 2 is 1.96 bits per heavy atom. The number of aromatic nitrogens is 2. The van der Waals surface area contributed by atoms with Gasteiger partial charge in [0.15, 0.2) is 0 Å². The Labute approximate surface area is 144 Å².